The van der Waals surface area contributed by atoms with Crippen LogP contribution in [0.4, 0.5) is 30.0 Å². The maximum Gasteiger partial charge on any atom is 0.320 e. The molecular weight excluding hydrogens is 862 g/mol. The SMILES string of the molecule is CCNC(=O)Nc1ccc(Cc2cc3scnc3c(-c3cccc(C#N)c3)c2F)cn1.CCNC(=O)Nc1ccc(Cc2cc3scnc3c(-c3cccc(C#N)c3)c2F)cn1.Cl. The Kier molecular flexibility index (Phi) is 15.0. The largest absolute Gasteiger partial charge is 0.338 e. The van der Waals surface area contributed by atoms with Crippen molar-refractivity contribution in [3.05, 3.63) is 153 Å². The molecule has 0 aliphatic heterocycles. The molecule has 4 amide bonds. The topological polar surface area (TPSA) is 181 Å². The van der Waals surface area contributed by atoms with Gasteiger partial charge >= 0.3 is 12.1 Å². The quantitative estimate of drug-likeness (QED) is 0.105. The summed E-state index contributed by atoms with van der Waals surface area (Å²) in [6, 6.07) is 27.9. The Balaban J connectivity index is 0.000000206. The molecule has 0 spiro atoms. The van der Waals surface area contributed by atoms with Crippen LogP contribution in [-0.4, -0.2) is 45.1 Å². The molecule has 4 N–H and O–H groups in total. The zero-order valence-corrected chi connectivity index (χ0v) is 36.2. The monoisotopic (exact) mass is 898 g/mol. The van der Waals surface area contributed by atoms with Gasteiger partial charge in [0.1, 0.15) is 23.3 Å². The number of aromatic nitrogens is 4. The molecule has 4 heterocycles. The smallest absolute Gasteiger partial charge is 0.320 e. The molecule has 0 fully saturated rings. The van der Waals surface area contributed by atoms with Crippen molar-refractivity contribution in [2.75, 3.05) is 23.7 Å². The fourth-order valence-electron chi connectivity index (χ4n) is 6.62. The van der Waals surface area contributed by atoms with E-state index in [9.17, 15) is 20.1 Å². The zero-order valence-electron chi connectivity index (χ0n) is 33.7. The lowest BCUT2D eigenvalue weighted by Crippen LogP contribution is -2.28. The Bertz CT molecular complexity index is 2800. The van der Waals surface area contributed by atoms with E-state index in [0.717, 1.165) is 20.5 Å². The second kappa shape index (κ2) is 20.9. The van der Waals surface area contributed by atoms with Crippen molar-refractivity contribution in [1.82, 2.24) is 30.6 Å². The molecule has 0 radical (unpaired) electrons. The lowest BCUT2D eigenvalue weighted by molar-refractivity contribution is 0.251. The highest BCUT2D eigenvalue weighted by molar-refractivity contribution is 7.17. The van der Waals surface area contributed by atoms with Gasteiger partial charge in [0.15, 0.2) is 0 Å². The third kappa shape index (κ3) is 10.8. The summed E-state index contributed by atoms with van der Waals surface area (Å²) in [4.78, 5) is 40.4. The number of hydrogen-bond donors (Lipinski definition) is 4. The van der Waals surface area contributed by atoms with E-state index in [0.29, 0.717) is 93.1 Å². The van der Waals surface area contributed by atoms with Gasteiger partial charge in [-0.05, 0) is 95.8 Å². The number of halogens is 3. The number of pyridine rings is 2. The summed E-state index contributed by atoms with van der Waals surface area (Å²) >= 11 is 2.88. The van der Waals surface area contributed by atoms with E-state index < -0.39 is 0 Å². The first-order valence-corrected chi connectivity index (χ1v) is 21.0. The summed E-state index contributed by atoms with van der Waals surface area (Å²) in [5.74, 6) is 0.111. The average molecular weight is 899 g/mol. The van der Waals surface area contributed by atoms with E-state index in [-0.39, 0.29) is 36.1 Å². The number of nitriles is 2. The summed E-state index contributed by atoms with van der Waals surface area (Å²) in [6.07, 6.45) is 3.90. The first-order chi connectivity index (χ1) is 30.2. The van der Waals surface area contributed by atoms with Crippen LogP contribution in [0.15, 0.2) is 108 Å². The Morgan fingerprint density at radius 3 is 1.41 bits per heavy atom. The normalized spacial score (nSPS) is 10.4. The van der Waals surface area contributed by atoms with E-state index in [2.05, 4.69) is 53.3 Å². The summed E-state index contributed by atoms with van der Waals surface area (Å²) in [5, 5.41) is 29.0. The molecule has 0 atom stereocenters. The van der Waals surface area contributed by atoms with Crippen LogP contribution in [0, 0.1) is 34.3 Å². The predicted molar refractivity (Wildman–Crippen MR) is 246 cm³/mol. The number of anilines is 2. The van der Waals surface area contributed by atoms with Crippen LogP contribution in [0.3, 0.4) is 0 Å². The Morgan fingerprint density at radius 2 is 1.05 bits per heavy atom. The molecule has 17 heteroatoms. The van der Waals surface area contributed by atoms with E-state index in [1.54, 1.807) is 108 Å². The van der Waals surface area contributed by atoms with Crippen LogP contribution in [-0.2, 0) is 12.8 Å². The average Bonchev–Trinajstić information content (AvgIpc) is 3.95. The minimum Gasteiger partial charge on any atom is -0.338 e. The standard InChI is InChI=1S/2C23H18FN5OS.ClH/c2*1-2-26-23(30)29-19-7-6-15(12-27-19)9-17-10-18-22(28-13-31-18)20(21(17)24)16-5-3-4-14(8-16)11-25;/h2*3-8,10,12-13H,2,9H2,1H3,(H2,26,27,29,30);1H. The van der Waals surface area contributed by atoms with Gasteiger partial charge in [-0.15, -0.1) is 35.1 Å². The van der Waals surface area contributed by atoms with Crippen molar-refractivity contribution in [3.63, 3.8) is 0 Å². The maximum absolute atomic E-state index is 15.6. The molecule has 63 heavy (non-hydrogen) atoms. The molecule has 316 valence electrons. The number of hydrogen-bond acceptors (Lipinski definition) is 10. The number of rotatable bonds is 10. The molecule has 0 aliphatic rings. The molecule has 12 nitrogen and oxygen atoms in total. The van der Waals surface area contributed by atoms with Gasteiger partial charge in [0, 0.05) is 49.5 Å². The number of urea groups is 2. The van der Waals surface area contributed by atoms with Crippen LogP contribution in [0.5, 0.6) is 0 Å². The molecule has 0 saturated heterocycles. The zero-order chi connectivity index (χ0) is 43.6. The second-order valence-corrected chi connectivity index (χ2v) is 15.4. The molecule has 8 rings (SSSR count). The molecule has 8 aromatic rings. The van der Waals surface area contributed by atoms with Gasteiger partial charge in [-0.25, -0.2) is 38.3 Å². The van der Waals surface area contributed by atoms with Crippen LogP contribution in [0.25, 0.3) is 42.7 Å². The van der Waals surface area contributed by atoms with Gasteiger partial charge < -0.3 is 10.6 Å². The number of amides is 4. The number of nitrogens with one attached hydrogen (secondary N) is 4. The van der Waals surface area contributed by atoms with Crippen molar-refractivity contribution in [1.29, 1.82) is 10.5 Å². The summed E-state index contributed by atoms with van der Waals surface area (Å²) in [7, 11) is 0. The van der Waals surface area contributed by atoms with Gasteiger partial charge in [-0.3, -0.25) is 10.6 Å². The molecular formula is C46H37ClF2N10O2S2. The molecule has 4 aromatic carbocycles. The number of carbonyl (C=O) groups is 2. The van der Waals surface area contributed by atoms with Crippen LogP contribution in [0.2, 0.25) is 0 Å². The summed E-state index contributed by atoms with van der Waals surface area (Å²) < 4.78 is 33.0. The molecule has 0 bridgehead atoms. The van der Waals surface area contributed by atoms with E-state index >= 15 is 8.78 Å². The number of nitrogens with zero attached hydrogens (tertiary/aromatic N) is 6. The predicted octanol–water partition coefficient (Wildman–Crippen LogP) is 10.6. The first-order valence-electron chi connectivity index (χ1n) is 19.3. The molecule has 4 aromatic heterocycles. The maximum atomic E-state index is 15.6. The molecule has 0 unspecified atom stereocenters. The van der Waals surface area contributed by atoms with Crippen LogP contribution in [0.1, 0.15) is 47.2 Å². The highest BCUT2D eigenvalue weighted by Crippen LogP contribution is 2.37. The van der Waals surface area contributed by atoms with Crippen molar-refractivity contribution < 1.29 is 18.4 Å². The highest BCUT2D eigenvalue weighted by Gasteiger charge is 2.20. The fraction of sp³-hybridized carbons (Fsp3) is 0.130. The number of benzene rings is 4. The van der Waals surface area contributed by atoms with Gasteiger partial charge in [-0.1, -0.05) is 36.4 Å². The van der Waals surface area contributed by atoms with E-state index in [1.807, 2.05) is 13.8 Å². The third-order valence-corrected chi connectivity index (χ3v) is 11.0. The lowest BCUT2D eigenvalue weighted by Gasteiger charge is -2.11. The van der Waals surface area contributed by atoms with Gasteiger partial charge in [0.2, 0.25) is 0 Å². The van der Waals surface area contributed by atoms with Crippen molar-refractivity contribution in [2.24, 2.45) is 0 Å². The molecule has 0 saturated carbocycles. The number of fused-ring (bicyclic) bond motifs is 2. The Morgan fingerprint density at radius 1 is 0.619 bits per heavy atom. The van der Waals surface area contributed by atoms with Crippen molar-refractivity contribution in [2.45, 2.75) is 26.7 Å². The minimum absolute atomic E-state index is 0. The Hall–Kier alpha value is -7.37. The van der Waals surface area contributed by atoms with E-state index in [4.69, 9.17) is 0 Å². The molecule has 0 aliphatic carbocycles. The Labute approximate surface area is 375 Å². The van der Waals surface area contributed by atoms with Crippen molar-refractivity contribution in [3.8, 4) is 34.4 Å². The van der Waals surface area contributed by atoms with Gasteiger partial charge in [-0.2, -0.15) is 10.5 Å². The third-order valence-electron chi connectivity index (χ3n) is 9.43. The van der Waals surface area contributed by atoms with E-state index in [1.165, 1.54) is 22.7 Å². The first kappa shape index (κ1) is 45.2. The van der Waals surface area contributed by atoms with Crippen LogP contribution < -0.4 is 21.3 Å². The minimum atomic E-state index is -0.363. The van der Waals surface area contributed by atoms with Crippen molar-refractivity contribution >= 4 is 79.2 Å². The van der Waals surface area contributed by atoms with Gasteiger partial charge in [0.05, 0.1) is 54.7 Å². The second-order valence-electron chi connectivity index (χ2n) is 13.7. The van der Waals surface area contributed by atoms with Gasteiger partial charge in [0.25, 0.3) is 0 Å². The summed E-state index contributed by atoms with van der Waals surface area (Å²) in [6.45, 7) is 4.69. The highest BCUT2D eigenvalue weighted by atomic mass is 35.5. The van der Waals surface area contributed by atoms with Crippen LogP contribution >= 0.6 is 35.1 Å². The lowest BCUT2D eigenvalue weighted by atomic mass is 9.96. The number of thiazole rings is 2. The number of carbonyl (C=O) groups excluding carboxylic acids is 2. The fourth-order valence-corrected chi connectivity index (χ4v) is 8.12. The summed E-state index contributed by atoms with van der Waals surface area (Å²) in [5.41, 5.74) is 10.1.